The van der Waals surface area contributed by atoms with E-state index in [1.807, 2.05) is 13.1 Å². The molecular weight excluding hydrogens is 249 g/mol. The minimum Gasteiger partial charge on any atom is -0.317 e. The molecule has 0 spiro atoms. The van der Waals surface area contributed by atoms with Crippen molar-refractivity contribution < 1.29 is 4.39 Å². The van der Waals surface area contributed by atoms with Gasteiger partial charge in [0, 0.05) is 6.04 Å². The molecule has 1 N–H and O–H groups in total. The fourth-order valence-corrected chi connectivity index (χ4v) is 2.52. The zero-order valence-electron chi connectivity index (χ0n) is 12.2. The van der Waals surface area contributed by atoms with E-state index in [2.05, 4.69) is 36.5 Å². The summed E-state index contributed by atoms with van der Waals surface area (Å²) in [5.74, 6) is -0.156. The van der Waals surface area contributed by atoms with Crippen molar-refractivity contribution in [2.24, 2.45) is 0 Å². The van der Waals surface area contributed by atoms with Crippen molar-refractivity contribution in [2.75, 3.05) is 7.05 Å². The van der Waals surface area contributed by atoms with Gasteiger partial charge in [-0.15, -0.1) is 0 Å². The lowest BCUT2D eigenvalue weighted by Gasteiger charge is -2.17. The molecule has 0 aliphatic rings. The number of nitrogens with one attached hydrogen (secondary N) is 1. The van der Waals surface area contributed by atoms with Crippen molar-refractivity contribution in [3.8, 4) is 0 Å². The molecule has 1 nitrogen and oxygen atoms in total. The first-order valence-corrected chi connectivity index (χ1v) is 7.15. The topological polar surface area (TPSA) is 12.0 Å². The van der Waals surface area contributed by atoms with Crippen LogP contribution in [0.4, 0.5) is 4.39 Å². The summed E-state index contributed by atoms with van der Waals surface area (Å²) in [6.07, 6.45) is 2.96. The van der Waals surface area contributed by atoms with Gasteiger partial charge in [-0.05, 0) is 62.1 Å². The lowest BCUT2D eigenvalue weighted by atomic mass is 9.97. The summed E-state index contributed by atoms with van der Waals surface area (Å²) in [7, 11) is 1.97. The number of benzene rings is 2. The lowest BCUT2D eigenvalue weighted by molar-refractivity contribution is 0.517. The van der Waals surface area contributed by atoms with E-state index in [9.17, 15) is 4.39 Å². The highest BCUT2D eigenvalue weighted by Crippen LogP contribution is 2.13. The first-order chi connectivity index (χ1) is 9.69. The highest BCUT2D eigenvalue weighted by molar-refractivity contribution is 5.26. The Balaban J connectivity index is 1.94. The second kappa shape index (κ2) is 7.20. The molecule has 2 aromatic rings. The lowest BCUT2D eigenvalue weighted by Crippen LogP contribution is -2.28. The number of hydrogen-bond donors (Lipinski definition) is 1. The SMILES string of the molecule is CNC(CCc1ccccc1C)Cc1cccc(F)c1. The molecule has 0 amide bonds. The van der Waals surface area contributed by atoms with Crippen molar-refractivity contribution in [1.29, 1.82) is 0 Å². The predicted molar refractivity (Wildman–Crippen MR) is 82.5 cm³/mol. The van der Waals surface area contributed by atoms with E-state index in [-0.39, 0.29) is 5.82 Å². The average molecular weight is 271 g/mol. The molecule has 2 rings (SSSR count). The molecule has 0 aliphatic heterocycles. The normalized spacial score (nSPS) is 12.3. The van der Waals surface area contributed by atoms with Crippen molar-refractivity contribution in [1.82, 2.24) is 5.32 Å². The molecule has 0 aromatic heterocycles. The van der Waals surface area contributed by atoms with Gasteiger partial charge in [0.25, 0.3) is 0 Å². The second-order valence-electron chi connectivity index (χ2n) is 5.28. The van der Waals surface area contributed by atoms with Gasteiger partial charge >= 0.3 is 0 Å². The van der Waals surface area contributed by atoms with E-state index >= 15 is 0 Å². The molecule has 1 atom stereocenters. The van der Waals surface area contributed by atoms with Gasteiger partial charge in [-0.1, -0.05) is 36.4 Å². The maximum atomic E-state index is 13.2. The Kier molecular flexibility index (Phi) is 5.31. The summed E-state index contributed by atoms with van der Waals surface area (Å²) in [6, 6.07) is 15.7. The number of aryl methyl sites for hydroxylation is 2. The van der Waals surface area contributed by atoms with Crippen LogP contribution in [0.2, 0.25) is 0 Å². The van der Waals surface area contributed by atoms with Gasteiger partial charge in [0.05, 0.1) is 0 Å². The van der Waals surface area contributed by atoms with Crippen LogP contribution >= 0.6 is 0 Å². The molecule has 0 radical (unpaired) electrons. The van der Waals surface area contributed by atoms with Crippen LogP contribution in [0.5, 0.6) is 0 Å². The third-order valence-corrected chi connectivity index (χ3v) is 3.80. The first kappa shape index (κ1) is 14.7. The van der Waals surface area contributed by atoms with Gasteiger partial charge in [-0.2, -0.15) is 0 Å². The highest BCUT2D eigenvalue weighted by Gasteiger charge is 2.09. The molecule has 0 saturated carbocycles. The highest BCUT2D eigenvalue weighted by atomic mass is 19.1. The van der Waals surface area contributed by atoms with Crippen LogP contribution in [0.15, 0.2) is 48.5 Å². The van der Waals surface area contributed by atoms with Crippen LogP contribution in [0, 0.1) is 12.7 Å². The largest absolute Gasteiger partial charge is 0.317 e. The third-order valence-electron chi connectivity index (χ3n) is 3.80. The smallest absolute Gasteiger partial charge is 0.123 e. The van der Waals surface area contributed by atoms with E-state index in [0.29, 0.717) is 6.04 Å². The Morgan fingerprint density at radius 2 is 1.90 bits per heavy atom. The molecule has 2 heteroatoms. The number of rotatable bonds is 6. The van der Waals surface area contributed by atoms with Crippen LogP contribution < -0.4 is 5.32 Å². The fraction of sp³-hybridized carbons (Fsp3) is 0.333. The number of likely N-dealkylation sites (N-methyl/N-ethyl adjacent to an activating group) is 1. The fourth-order valence-electron chi connectivity index (χ4n) is 2.52. The zero-order chi connectivity index (χ0) is 14.4. The quantitative estimate of drug-likeness (QED) is 0.840. The Morgan fingerprint density at radius 3 is 2.60 bits per heavy atom. The van der Waals surface area contributed by atoms with Crippen molar-refractivity contribution in [3.63, 3.8) is 0 Å². The van der Waals surface area contributed by atoms with Crippen LogP contribution in [-0.4, -0.2) is 13.1 Å². The molecule has 2 aromatic carbocycles. The summed E-state index contributed by atoms with van der Waals surface area (Å²) in [4.78, 5) is 0. The van der Waals surface area contributed by atoms with Gasteiger partial charge in [0.15, 0.2) is 0 Å². The monoisotopic (exact) mass is 271 g/mol. The number of hydrogen-bond acceptors (Lipinski definition) is 1. The molecule has 0 heterocycles. The minimum atomic E-state index is -0.156. The van der Waals surface area contributed by atoms with Gasteiger partial charge in [0.2, 0.25) is 0 Å². The van der Waals surface area contributed by atoms with E-state index in [4.69, 9.17) is 0 Å². The van der Waals surface area contributed by atoms with Gasteiger partial charge in [-0.25, -0.2) is 4.39 Å². The second-order valence-corrected chi connectivity index (χ2v) is 5.28. The Labute approximate surface area is 120 Å². The van der Waals surface area contributed by atoms with E-state index in [1.54, 1.807) is 12.1 Å². The molecule has 106 valence electrons. The minimum absolute atomic E-state index is 0.156. The van der Waals surface area contributed by atoms with E-state index < -0.39 is 0 Å². The molecule has 1 unspecified atom stereocenters. The molecule has 0 aliphatic carbocycles. The Bertz CT molecular complexity index is 551. The maximum Gasteiger partial charge on any atom is 0.123 e. The van der Waals surface area contributed by atoms with Crippen molar-refractivity contribution in [3.05, 3.63) is 71.0 Å². The van der Waals surface area contributed by atoms with Crippen molar-refractivity contribution in [2.45, 2.75) is 32.2 Å². The molecule has 0 saturated heterocycles. The van der Waals surface area contributed by atoms with Gasteiger partial charge in [-0.3, -0.25) is 0 Å². The molecular formula is C18H22FN. The Hall–Kier alpha value is -1.67. The average Bonchev–Trinajstić information content (AvgIpc) is 2.45. The first-order valence-electron chi connectivity index (χ1n) is 7.15. The van der Waals surface area contributed by atoms with Crippen LogP contribution in [0.25, 0.3) is 0 Å². The molecule has 0 fully saturated rings. The van der Waals surface area contributed by atoms with Gasteiger partial charge in [0.1, 0.15) is 5.82 Å². The third kappa shape index (κ3) is 4.17. The van der Waals surface area contributed by atoms with Gasteiger partial charge < -0.3 is 5.32 Å². The summed E-state index contributed by atoms with van der Waals surface area (Å²) >= 11 is 0. The summed E-state index contributed by atoms with van der Waals surface area (Å²) < 4.78 is 13.2. The summed E-state index contributed by atoms with van der Waals surface area (Å²) in [6.45, 7) is 2.15. The number of halogens is 1. The van der Waals surface area contributed by atoms with Crippen LogP contribution in [-0.2, 0) is 12.8 Å². The van der Waals surface area contributed by atoms with Crippen LogP contribution in [0.3, 0.4) is 0 Å². The standard InChI is InChI=1S/C18H22FN/c1-14-6-3-4-8-16(14)10-11-18(20-2)13-15-7-5-9-17(19)12-15/h3-9,12,18,20H,10-11,13H2,1-2H3. The molecule has 0 bridgehead atoms. The molecule has 20 heavy (non-hydrogen) atoms. The van der Waals surface area contributed by atoms with E-state index in [1.165, 1.54) is 17.2 Å². The summed E-state index contributed by atoms with van der Waals surface area (Å²) in [5.41, 5.74) is 3.79. The van der Waals surface area contributed by atoms with Crippen LogP contribution in [0.1, 0.15) is 23.1 Å². The summed E-state index contributed by atoms with van der Waals surface area (Å²) in [5, 5.41) is 3.34. The Morgan fingerprint density at radius 1 is 1.10 bits per heavy atom. The maximum absolute atomic E-state index is 13.2. The zero-order valence-corrected chi connectivity index (χ0v) is 12.2. The predicted octanol–water partition coefficient (Wildman–Crippen LogP) is 3.90. The van der Waals surface area contributed by atoms with E-state index in [0.717, 1.165) is 24.8 Å². The van der Waals surface area contributed by atoms with Crippen molar-refractivity contribution >= 4 is 0 Å².